The predicted molar refractivity (Wildman–Crippen MR) is 90.7 cm³/mol. The molecule has 1 fully saturated rings. The SMILES string of the molecule is CN1C(=O)N(c2nccn2C)C[C@H]1C(=O)NCc1ccc(F)c(F)c1Cl. The van der Waals surface area contributed by atoms with E-state index in [1.807, 2.05) is 0 Å². The van der Waals surface area contributed by atoms with Crippen molar-refractivity contribution >= 4 is 29.5 Å². The third-order valence-electron chi connectivity index (χ3n) is 4.26. The van der Waals surface area contributed by atoms with Crippen molar-refractivity contribution in [1.82, 2.24) is 19.8 Å². The minimum absolute atomic E-state index is 0.0875. The molecule has 0 aliphatic carbocycles. The van der Waals surface area contributed by atoms with Crippen molar-refractivity contribution < 1.29 is 18.4 Å². The molecule has 2 heterocycles. The van der Waals surface area contributed by atoms with E-state index in [-0.39, 0.29) is 29.7 Å². The number of amides is 3. The Kier molecular flexibility index (Phi) is 4.82. The van der Waals surface area contributed by atoms with Gasteiger partial charge in [-0.2, -0.15) is 0 Å². The zero-order valence-electron chi connectivity index (χ0n) is 14.0. The molecule has 1 N–H and O–H groups in total. The highest BCUT2D eigenvalue weighted by molar-refractivity contribution is 6.31. The van der Waals surface area contributed by atoms with E-state index in [2.05, 4.69) is 10.3 Å². The molecular weight excluding hydrogens is 368 g/mol. The molecule has 0 unspecified atom stereocenters. The summed E-state index contributed by atoms with van der Waals surface area (Å²) in [5, 5.41) is 2.22. The van der Waals surface area contributed by atoms with E-state index in [0.717, 1.165) is 6.07 Å². The summed E-state index contributed by atoms with van der Waals surface area (Å²) in [6.45, 7) is 0.0351. The molecule has 2 aromatic rings. The number of carbonyl (C=O) groups is 2. The number of carbonyl (C=O) groups excluding carboxylic acids is 2. The van der Waals surface area contributed by atoms with Crippen LogP contribution in [0.4, 0.5) is 19.5 Å². The number of likely N-dealkylation sites (N-methyl/N-ethyl adjacent to an activating group) is 1. The molecule has 1 aliphatic rings. The summed E-state index contributed by atoms with van der Waals surface area (Å²) in [7, 11) is 3.26. The van der Waals surface area contributed by atoms with Gasteiger partial charge >= 0.3 is 6.03 Å². The van der Waals surface area contributed by atoms with Crippen molar-refractivity contribution in [2.24, 2.45) is 7.05 Å². The first-order chi connectivity index (χ1) is 12.3. The Morgan fingerprint density at radius 3 is 2.77 bits per heavy atom. The Balaban J connectivity index is 1.70. The van der Waals surface area contributed by atoms with Crippen LogP contribution in [0.2, 0.25) is 5.02 Å². The Morgan fingerprint density at radius 1 is 1.38 bits per heavy atom. The largest absolute Gasteiger partial charge is 0.350 e. The van der Waals surface area contributed by atoms with Crippen molar-refractivity contribution in [1.29, 1.82) is 0 Å². The second-order valence-electron chi connectivity index (χ2n) is 5.91. The number of imidazole rings is 1. The quantitative estimate of drug-likeness (QED) is 0.820. The zero-order valence-corrected chi connectivity index (χ0v) is 14.8. The molecule has 3 rings (SSSR count). The minimum Gasteiger partial charge on any atom is -0.350 e. The van der Waals surface area contributed by atoms with Gasteiger partial charge in [-0.05, 0) is 11.6 Å². The average molecular weight is 384 g/mol. The molecule has 1 saturated heterocycles. The highest BCUT2D eigenvalue weighted by atomic mass is 35.5. The van der Waals surface area contributed by atoms with Crippen LogP contribution in [0.5, 0.6) is 0 Å². The Bertz CT molecular complexity index is 872. The number of halogens is 3. The topological polar surface area (TPSA) is 70.5 Å². The molecule has 0 saturated carbocycles. The van der Waals surface area contributed by atoms with Crippen LogP contribution in [0, 0.1) is 11.6 Å². The van der Waals surface area contributed by atoms with Gasteiger partial charge in [-0.15, -0.1) is 0 Å². The molecule has 1 atom stereocenters. The zero-order chi connectivity index (χ0) is 19.0. The Morgan fingerprint density at radius 2 is 2.12 bits per heavy atom. The van der Waals surface area contributed by atoms with Gasteiger partial charge in [0.2, 0.25) is 11.9 Å². The fourth-order valence-electron chi connectivity index (χ4n) is 2.74. The maximum Gasteiger partial charge on any atom is 0.327 e. The van der Waals surface area contributed by atoms with Gasteiger partial charge in [0.1, 0.15) is 6.04 Å². The maximum atomic E-state index is 13.5. The van der Waals surface area contributed by atoms with Gasteiger partial charge in [-0.25, -0.2) is 18.6 Å². The van der Waals surface area contributed by atoms with Crippen molar-refractivity contribution in [3.05, 3.63) is 46.7 Å². The first kappa shape index (κ1) is 18.1. The monoisotopic (exact) mass is 383 g/mol. The summed E-state index contributed by atoms with van der Waals surface area (Å²) in [6.07, 6.45) is 3.25. The average Bonchev–Trinajstić information content (AvgIpc) is 3.16. The van der Waals surface area contributed by atoms with Gasteiger partial charge in [0.05, 0.1) is 11.6 Å². The lowest BCUT2D eigenvalue weighted by molar-refractivity contribution is -0.124. The number of aromatic nitrogens is 2. The number of hydrogen-bond donors (Lipinski definition) is 1. The van der Waals surface area contributed by atoms with E-state index in [9.17, 15) is 18.4 Å². The number of nitrogens with zero attached hydrogens (tertiary/aromatic N) is 4. The van der Waals surface area contributed by atoms with Gasteiger partial charge in [0.25, 0.3) is 0 Å². The molecule has 0 radical (unpaired) electrons. The van der Waals surface area contributed by atoms with Gasteiger partial charge in [0, 0.05) is 33.0 Å². The number of benzene rings is 1. The van der Waals surface area contributed by atoms with Crippen molar-refractivity contribution in [3.63, 3.8) is 0 Å². The van der Waals surface area contributed by atoms with E-state index >= 15 is 0 Å². The molecule has 10 heteroatoms. The lowest BCUT2D eigenvalue weighted by atomic mass is 10.2. The number of anilines is 1. The summed E-state index contributed by atoms with van der Waals surface area (Å²) >= 11 is 5.75. The van der Waals surface area contributed by atoms with Crippen LogP contribution < -0.4 is 10.2 Å². The summed E-state index contributed by atoms with van der Waals surface area (Å²) in [6, 6.07) is 1.13. The lowest BCUT2D eigenvalue weighted by Crippen LogP contribution is -2.43. The number of aryl methyl sites for hydroxylation is 1. The minimum atomic E-state index is -1.16. The molecule has 0 spiro atoms. The third kappa shape index (κ3) is 3.10. The maximum absolute atomic E-state index is 13.5. The second-order valence-corrected chi connectivity index (χ2v) is 6.29. The molecule has 138 valence electrons. The fourth-order valence-corrected chi connectivity index (χ4v) is 2.96. The van der Waals surface area contributed by atoms with Crippen LogP contribution in [-0.4, -0.2) is 46.0 Å². The standard InChI is InChI=1S/C16H16ClF2N5O2/c1-22-6-5-20-15(22)24-8-11(23(2)16(24)26)14(25)21-7-9-3-4-10(18)13(19)12(9)17/h3-6,11H,7-8H2,1-2H3,(H,21,25)/t11-/m0/s1. The van der Waals surface area contributed by atoms with Crippen LogP contribution >= 0.6 is 11.6 Å². The van der Waals surface area contributed by atoms with Crippen LogP contribution in [0.15, 0.2) is 24.5 Å². The molecule has 1 aliphatic heterocycles. The first-order valence-corrected chi connectivity index (χ1v) is 8.10. The van der Waals surface area contributed by atoms with Gasteiger partial charge in [-0.3, -0.25) is 9.69 Å². The Labute approximate surface area is 153 Å². The lowest BCUT2D eigenvalue weighted by Gasteiger charge is -2.17. The number of hydrogen-bond acceptors (Lipinski definition) is 3. The van der Waals surface area contributed by atoms with Gasteiger partial charge in [0.15, 0.2) is 11.6 Å². The predicted octanol–water partition coefficient (Wildman–Crippen LogP) is 1.91. The second kappa shape index (κ2) is 6.91. The van der Waals surface area contributed by atoms with Crippen molar-refractivity contribution in [2.45, 2.75) is 12.6 Å². The fraction of sp³-hybridized carbons (Fsp3) is 0.312. The number of nitrogens with one attached hydrogen (secondary N) is 1. The smallest absolute Gasteiger partial charge is 0.327 e. The highest BCUT2D eigenvalue weighted by Gasteiger charge is 2.41. The van der Waals surface area contributed by atoms with Crippen LogP contribution in [-0.2, 0) is 18.4 Å². The summed E-state index contributed by atoms with van der Waals surface area (Å²) in [5.41, 5.74) is 0.242. The van der Waals surface area contributed by atoms with Gasteiger partial charge < -0.3 is 14.8 Å². The van der Waals surface area contributed by atoms with E-state index < -0.39 is 23.6 Å². The molecule has 7 nitrogen and oxygen atoms in total. The highest BCUT2D eigenvalue weighted by Crippen LogP contribution is 2.23. The molecule has 3 amide bonds. The summed E-state index contributed by atoms with van der Waals surface area (Å²) < 4.78 is 28.3. The van der Waals surface area contributed by atoms with E-state index in [1.54, 1.807) is 24.0 Å². The van der Waals surface area contributed by atoms with E-state index in [4.69, 9.17) is 11.6 Å². The third-order valence-corrected chi connectivity index (χ3v) is 4.67. The van der Waals surface area contributed by atoms with Crippen LogP contribution in [0.25, 0.3) is 0 Å². The first-order valence-electron chi connectivity index (χ1n) is 7.73. The summed E-state index contributed by atoms with van der Waals surface area (Å²) in [5.74, 6) is -2.22. The molecule has 26 heavy (non-hydrogen) atoms. The van der Waals surface area contributed by atoms with E-state index in [1.165, 1.54) is 22.9 Å². The normalized spacial score (nSPS) is 17.1. The van der Waals surface area contributed by atoms with Crippen LogP contribution in [0.3, 0.4) is 0 Å². The number of rotatable bonds is 4. The van der Waals surface area contributed by atoms with Gasteiger partial charge in [-0.1, -0.05) is 17.7 Å². The van der Waals surface area contributed by atoms with Crippen LogP contribution in [0.1, 0.15) is 5.56 Å². The molecular formula is C16H16ClF2N5O2. The molecule has 1 aromatic heterocycles. The van der Waals surface area contributed by atoms with Crippen molar-refractivity contribution in [3.8, 4) is 0 Å². The molecule has 1 aromatic carbocycles. The van der Waals surface area contributed by atoms with E-state index in [0.29, 0.717) is 5.95 Å². The Hall–Kier alpha value is -2.68. The molecule has 0 bridgehead atoms. The van der Waals surface area contributed by atoms with Crippen molar-refractivity contribution in [2.75, 3.05) is 18.5 Å². The summed E-state index contributed by atoms with van der Waals surface area (Å²) in [4.78, 5) is 31.7. The number of urea groups is 1.